The lowest BCUT2D eigenvalue weighted by Gasteiger charge is -2.15. The number of halogens is 6. The van der Waals surface area contributed by atoms with Gasteiger partial charge in [-0.15, -0.1) is 24.8 Å². The maximum atomic E-state index is 12.1. The minimum absolute atomic E-state index is 0.0382. The summed E-state index contributed by atoms with van der Waals surface area (Å²) in [5.74, 6) is -0.360. The third-order valence-electron chi connectivity index (χ3n) is 1.94. The van der Waals surface area contributed by atoms with Gasteiger partial charge in [0, 0.05) is 16.2 Å². The second-order valence-electron chi connectivity index (χ2n) is 3.50. The normalized spacial score (nSPS) is 13.2. The number of aliphatic hydroxyl groups excluding tert-OH is 1. The van der Waals surface area contributed by atoms with E-state index in [0.29, 0.717) is 9.26 Å². The number of alkyl halides is 4. The Morgan fingerprint density at radius 3 is 2.53 bits per heavy atom. The summed E-state index contributed by atoms with van der Waals surface area (Å²) in [4.78, 5) is 0. The molecule has 0 aromatic heterocycles. The molecule has 3 nitrogen and oxygen atoms in total. The van der Waals surface area contributed by atoms with Gasteiger partial charge in [-0.25, -0.2) is 0 Å². The summed E-state index contributed by atoms with van der Waals surface area (Å²) >= 11 is 13.1. The minimum Gasteiger partial charge on any atom is -0.406 e. The van der Waals surface area contributed by atoms with E-state index in [1.54, 1.807) is 0 Å². The SMILES string of the molecule is OC(CCl)CNc1c(Cl)cc(OC(F)(F)F)cc1I. The fourth-order valence-corrected chi connectivity index (χ4v) is 2.52. The molecule has 9 heteroatoms. The predicted molar refractivity (Wildman–Crippen MR) is 76.1 cm³/mol. The molecule has 1 aromatic rings. The first-order valence-corrected chi connectivity index (χ1v) is 6.94. The molecule has 0 fully saturated rings. The van der Waals surface area contributed by atoms with Crippen molar-refractivity contribution in [3.05, 3.63) is 20.7 Å². The van der Waals surface area contributed by atoms with Gasteiger partial charge in [0.25, 0.3) is 0 Å². The number of aliphatic hydroxyl groups is 1. The topological polar surface area (TPSA) is 41.5 Å². The van der Waals surface area contributed by atoms with Crippen molar-refractivity contribution in [2.45, 2.75) is 12.5 Å². The van der Waals surface area contributed by atoms with E-state index in [1.165, 1.54) is 6.07 Å². The summed E-state index contributed by atoms with van der Waals surface area (Å²) < 4.78 is 40.4. The molecule has 0 spiro atoms. The Morgan fingerprint density at radius 1 is 1.42 bits per heavy atom. The van der Waals surface area contributed by atoms with Gasteiger partial charge < -0.3 is 15.2 Å². The predicted octanol–water partition coefficient (Wildman–Crippen LogP) is 3.85. The first-order chi connectivity index (χ1) is 8.73. The Labute approximate surface area is 131 Å². The van der Waals surface area contributed by atoms with Crippen LogP contribution in [0.1, 0.15) is 0 Å². The third-order valence-corrected chi connectivity index (χ3v) is 3.45. The van der Waals surface area contributed by atoms with Crippen LogP contribution in [-0.2, 0) is 0 Å². The van der Waals surface area contributed by atoms with Crippen molar-refractivity contribution in [3.8, 4) is 5.75 Å². The third kappa shape index (κ3) is 5.80. The van der Waals surface area contributed by atoms with Gasteiger partial charge in [0.2, 0.25) is 0 Å². The van der Waals surface area contributed by atoms with Crippen molar-refractivity contribution in [3.63, 3.8) is 0 Å². The molecule has 108 valence electrons. The molecule has 19 heavy (non-hydrogen) atoms. The van der Waals surface area contributed by atoms with Crippen LogP contribution in [0.5, 0.6) is 5.75 Å². The molecule has 1 aromatic carbocycles. The molecule has 0 bridgehead atoms. The van der Waals surface area contributed by atoms with Gasteiger partial charge in [-0.2, -0.15) is 0 Å². The van der Waals surface area contributed by atoms with E-state index in [4.69, 9.17) is 23.2 Å². The summed E-state index contributed by atoms with van der Waals surface area (Å²) in [7, 11) is 0. The van der Waals surface area contributed by atoms with E-state index in [2.05, 4.69) is 10.1 Å². The average molecular weight is 430 g/mol. The van der Waals surface area contributed by atoms with Crippen LogP contribution < -0.4 is 10.1 Å². The average Bonchev–Trinajstić information content (AvgIpc) is 2.25. The quantitative estimate of drug-likeness (QED) is 0.551. The molecule has 0 radical (unpaired) electrons. The van der Waals surface area contributed by atoms with Crippen molar-refractivity contribution >= 4 is 51.5 Å². The molecule has 1 atom stereocenters. The van der Waals surface area contributed by atoms with E-state index >= 15 is 0 Å². The lowest BCUT2D eigenvalue weighted by Crippen LogP contribution is -2.21. The maximum absolute atomic E-state index is 12.1. The Morgan fingerprint density at radius 2 is 2.05 bits per heavy atom. The van der Waals surface area contributed by atoms with Crippen LogP contribution in [0.15, 0.2) is 12.1 Å². The van der Waals surface area contributed by atoms with Crippen molar-refractivity contribution in [2.75, 3.05) is 17.7 Å². The van der Waals surface area contributed by atoms with Crippen molar-refractivity contribution in [1.29, 1.82) is 0 Å². The Bertz CT molecular complexity index is 422. The van der Waals surface area contributed by atoms with Gasteiger partial charge in [0.05, 0.1) is 22.7 Å². The molecule has 0 amide bonds. The highest BCUT2D eigenvalue weighted by molar-refractivity contribution is 14.1. The molecule has 1 unspecified atom stereocenters. The molecule has 1 rings (SSSR count). The molecule has 0 saturated heterocycles. The zero-order chi connectivity index (χ0) is 14.6. The largest absolute Gasteiger partial charge is 0.573 e. The summed E-state index contributed by atoms with van der Waals surface area (Å²) in [6.45, 7) is 0.138. The summed E-state index contributed by atoms with van der Waals surface area (Å²) in [6.07, 6.45) is -5.55. The lowest BCUT2D eigenvalue weighted by atomic mass is 10.3. The molecule has 0 aliphatic heterocycles. The fraction of sp³-hybridized carbons (Fsp3) is 0.400. The van der Waals surface area contributed by atoms with Gasteiger partial charge >= 0.3 is 6.36 Å². The van der Waals surface area contributed by atoms with E-state index < -0.39 is 18.2 Å². The highest BCUT2D eigenvalue weighted by Gasteiger charge is 2.31. The van der Waals surface area contributed by atoms with Gasteiger partial charge in [0.15, 0.2) is 0 Å². The van der Waals surface area contributed by atoms with Crippen LogP contribution in [0.4, 0.5) is 18.9 Å². The zero-order valence-corrected chi connectivity index (χ0v) is 12.9. The zero-order valence-electron chi connectivity index (χ0n) is 9.27. The van der Waals surface area contributed by atoms with Crippen LogP contribution in [0.25, 0.3) is 0 Å². The first kappa shape index (κ1) is 16.9. The molecule has 0 saturated carbocycles. The van der Waals surface area contributed by atoms with Gasteiger partial charge in [-0.05, 0) is 28.7 Å². The van der Waals surface area contributed by atoms with E-state index in [1.807, 2.05) is 22.6 Å². The van der Waals surface area contributed by atoms with Gasteiger partial charge in [0.1, 0.15) is 5.75 Å². The number of anilines is 1. The first-order valence-electron chi connectivity index (χ1n) is 4.95. The van der Waals surface area contributed by atoms with E-state index in [0.717, 1.165) is 6.07 Å². The van der Waals surface area contributed by atoms with Crippen LogP contribution in [-0.4, -0.2) is 30.0 Å². The van der Waals surface area contributed by atoms with E-state index in [9.17, 15) is 18.3 Å². The number of benzene rings is 1. The smallest absolute Gasteiger partial charge is 0.406 e. The van der Waals surface area contributed by atoms with E-state index in [-0.39, 0.29) is 17.4 Å². The standard InChI is InChI=1S/C10H9Cl2F3INO2/c11-3-5(18)4-17-9-7(12)1-6(2-8(9)16)19-10(13,14)15/h1-2,5,17-18H,3-4H2. The Balaban J connectivity index is 2.85. The molecule has 0 aliphatic rings. The Kier molecular flexibility index (Phi) is 6.28. The fourth-order valence-electron chi connectivity index (χ4n) is 1.19. The number of ether oxygens (including phenoxy) is 1. The van der Waals surface area contributed by atoms with Crippen molar-refractivity contribution in [1.82, 2.24) is 0 Å². The van der Waals surface area contributed by atoms with Crippen LogP contribution in [0, 0.1) is 3.57 Å². The number of rotatable bonds is 5. The van der Waals surface area contributed by atoms with Crippen LogP contribution in [0.2, 0.25) is 5.02 Å². The van der Waals surface area contributed by atoms with Crippen molar-refractivity contribution < 1.29 is 23.0 Å². The number of hydrogen-bond acceptors (Lipinski definition) is 3. The van der Waals surface area contributed by atoms with Gasteiger partial charge in [-0.1, -0.05) is 11.6 Å². The molecule has 0 heterocycles. The Hall–Kier alpha value is -0.120. The van der Waals surface area contributed by atoms with Gasteiger partial charge in [-0.3, -0.25) is 0 Å². The van der Waals surface area contributed by atoms with Crippen molar-refractivity contribution in [2.24, 2.45) is 0 Å². The molecular weight excluding hydrogens is 421 g/mol. The molecule has 2 N–H and O–H groups in total. The number of hydrogen-bond donors (Lipinski definition) is 2. The second-order valence-corrected chi connectivity index (χ2v) is 5.38. The minimum atomic E-state index is -4.77. The molecular formula is C10H9Cl2F3INO2. The summed E-state index contributed by atoms with van der Waals surface area (Å²) in [5, 5.41) is 12.2. The summed E-state index contributed by atoms with van der Waals surface area (Å²) in [6, 6.07) is 2.24. The van der Waals surface area contributed by atoms with Crippen LogP contribution >= 0.6 is 45.8 Å². The lowest BCUT2D eigenvalue weighted by molar-refractivity contribution is -0.274. The van der Waals surface area contributed by atoms with Crippen LogP contribution in [0.3, 0.4) is 0 Å². The maximum Gasteiger partial charge on any atom is 0.573 e. The highest BCUT2D eigenvalue weighted by Crippen LogP contribution is 2.34. The highest BCUT2D eigenvalue weighted by atomic mass is 127. The molecule has 0 aliphatic carbocycles. The second kappa shape index (κ2) is 7.05. The number of nitrogens with one attached hydrogen (secondary N) is 1. The summed E-state index contributed by atoms with van der Waals surface area (Å²) in [5.41, 5.74) is 0.418. The monoisotopic (exact) mass is 429 g/mol.